The monoisotopic (exact) mass is 333 g/mol. The molecule has 0 spiro atoms. The molecule has 0 amide bonds. The van der Waals surface area contributed by atoms with Gasteiger partial charge in [-0.05, 0) is 38.9 Å². The predicted octanol–water partition coefficient (Wildman–Crippen LogP) is 5.97. The second-order valence-electron chi connectivity index (χ2n) is 6.08. The maximum atomic E-state index is 2.67. The minimum absolute atomic E-state index is 0. The van der Waals surface area contributed by atoms with Crippen molar-refractivity contribution in [1.29, 1.82) is 0 Å². The van der Waals surface area contributed by atoms with E-state index in [4.69, 9.17) is 0 Å². The summed E-state index contributed by atoms with van der Waals surface area (Å²) >= 11 is 0. The first-order valence-corrected chi connectivity index (χ1v) is 8.66. The average Bonchev–Trinajstić information content (AvgIpc) is 2.42. The van der Waals surface area contributed by atoms with Crippen LogP contribution in [0.5, 0.6) is 0 Å². The molecule has 0 atom stereocenters. The third-order valence-electron chi connectivity index (χ3n) is 4.28. The van der Waals surface area contributed by atoms with Crippen molar-refractivity contribution in [3.63, 3.8) is 0 Å². The zero-order chi connectivity index (χ0) is 12.9. The number of halogens is 1. The molecule has 1 aliphatic rings. The Labute approximate surface area is 132 Å². The standard InChI is InChI=1S/C17H35N.BrH/c1-2-3-4-5-6-7-8-9-10-12-15-18-16-13-11-14-17-18;/h2-17H2,1H3;1H. The van der Waals surface area contributed by atoms with Crippen LogP contribution in [0.4, 0.5) is 0 Å². The fourth-order valence-corrected chi connectivity index (χ4v) is 3.01. The molecule has 0 radical (unpaired) electrons. The van der Waals surface area contributed by atoms with Crippen molar-refractivity contribution in [3.05, 3.63) is 0 Å². The van der Waals surface area contributed by atoms with E-state index >= 15 is 0 Å². The molecule has 0 aromatic rings. The molecule has 0 aromatic carbocycles. The summed E-state index contributed by atoms with van der Waals surface area (Å²) in [6.45, 7) is 6.41. The largest absolute Gasteiger partial charge is 0.303 e. The second-order valence-corrected chi connectivity index (χ2v) is 6.08. The Kier molecular flexibility index (Phi) is 15.2. The zero-order valence-electron chi connectivity index (χ0n) is 13.2. The topological polar surface area (TPSA) is 3.24 Å². The van der Waals surface area contributed by atoms with Gasteiger partial charge in [-0.1, -0.05) is 71.1 Å². The lowest BCUT2D eigenvalue weighted by atomic mass is 10.1. The van der Waals surface area contributed by atoms with Gasteiger partial charge < -0.3 is 4.90 Å². The molecule has 0 N–H and O–H groups in total. The normalized spacial score (nSPS) is 16.3. The van der Waals surface area contributed by atoms with E-state index in [-0.39, 0.29) is 17.0 Å². The van der Waals surface area contributed by atoms with Gasteiger partial charge in [0.05, 0.1) is 0 Å². The molecule has 0 unspecified atom stereocenters. The van der Waals surface area contributed by atoms with Crippen LogP contribution in [0, 0.1) is 0 Å². The summed E-state index contributed by atoms with van der Waals surface area (Å²) in [7, 11) is 0. The Hall–Kier alpha value is 0.440. The SMILES string of the molecule is Br.CCCCCCCCCCCCN1CCCCC1. The van der Waals surface area contributed by atoms with E-state index < -0.39 is 0 Å². The van der Waals surface area contributed by atoms with Gasteiger partial charge in [0.25, 0.3) is 0 Å². The summed E-state index contributed by atoms with van der Waals surface area (Å²) < 4.78 is 0. The van der Waals surface area contributed by atoms with E-state index in [0.717, 1.165) is 0 Å². The first-order valence-electron chi connectivity index (χ1n) is 8.66. The zero-order valence-corrected chi connectivity index (χ0v) is 14.9. The lowest BCUT2D eigenvalue weighted by Gasteiger charge is -2.26. The number of nitrogens with zero attached hydrogens (tertiary/aromatic N) is 1. The van der Waals surface area contributed by atoms with Crippen LogP contribution in [0.25, 0.3) is 0 Å². The smallest absolute Gasteiger partial charge is 0.00187 e. The molecule has 0 aliphatic carbocycles. The van der Waals surface area contributed by atoms with Crippen LogP contribution in [0.3, 0.4) is 0 Å². The van der Waals surface area contributed by atoms with E-state index in [1.165, 1.54) is 103 Å². The third kappa shape index (κ3) is 11.9. The van der Waals surface area contributed by atoms with Crippen molar-refractivity contribution in [2.75, 3.05) is 19.6 Å². The van der Waals surface area contributed by atoms with Gasteiger partial charge in [0.15, 0.2) is 0 Å². The fourth-order valence-electron chi connectivity index (χ4n) is 3.01. The van der Waals surface area contributed by atoms with E-state index in [1.54, 1.807) is 0 Å². The summed E-state index contributed by atoms with van der Waals surface area (Å²) in [6, 6.07) is 0. The molecule has 0 aromatic heterocycles. The maximum Gasteiger partial charge on any atom is -0.00187 e. The van der Waals surface area contributed by atoms with Crippen molar-refractivity contribution in [2.24, 2.45) is 0 Å². The molecular weight excluding hydrogens is 298 g/mol. The number of piperidine rings is 1. The minimum atomic E-state index is 0. The van der Waals surface area contributed by atoms with Gasteiger partial charge in [0.2, 0.25) is 0 Å². The average molecular weight is 334 g/mol. The molecule has 1 fully saturated rings. The highest BCUT2D eigenvalue weighted by molar-refractivity contribution is 8.93. The number of unbranched alkanes of at least 4 members (excludes halogenated alkanes) is 9. The van der Waals surface area contributed by atoms with Crippen LogP contribution in [0.1, 0.15) is 90.4 Å². The summed E-state index contributed by atoms with van der Waals surface area (Å²) in [5.41, 5.74) is 0. The summed E-state index contributed by atoms with van der Waals surface area (Å²) in [6.07, 6.45) is 18.9. The van der Waals surface area contributed by atoms with Gasteiger partial charge in [-0.25, -0.2) is 0 Å². The molecular formula is C17H36BrN. The van der Waals surface area contributed by atoms with Crippen LogP contribution in [-0.2, 0) is 0 Å². The lowest BCUT2D eigenvalue weighted by molar-refractivity contribution is 0.224. The molecule has 0 saturated carbocycles. The first-order chi connectivity index (χ1) is 8.93. The molecule has 0 bridgehead atoms. The minimum Gasteiger partial charge on any atom is -0.303 e. The van der Waals surface area contributed by atoms with Crippen molar-refractivity contribution in [3.8, 4) is 0 Å². The molecule has 1 nitrogen and oxygen atoms in total. The highest BCUT2D eigenvalue weighted by Crippen LogP contribution is 2.12. The number of rotatable bonds is 11. The van der Waals surface area contributed by atoms with Gasteiger partial charge in [-0.15, -0.1) is 17.0 Å². The molecule has 116 valence electrons. The quantitative estimate of drug-likeness (QED) is 0.421. The lowest BCUT2D eigenvalue weighted by Crippen LogP contribution is -2.30. The van der Waals surface area contributed by atoms with Crippen LogP contribution in [0.2, 0.25) is 0 Å². The maximum absolute atomic E-state index is 2.67. The molecule has 2 heteroatoms. The Morgan fingerprint density at radius 2 is 1.11 bits per heavy atom. The summed E-state index contributed by atoms with van der Waals surface area (Å²) in [4.78, 5) is 2.67. The van der Waals surface area contributed by atoms with E-state index in [9.17, 15) is 0 Å². The summed E-state index contributed by atoms with van der Waals surface area (Å²) in [5.74, 6) is 0. The van der Waals surface area contributed by atoms with E-state index in [1.807, 2.05) is 0 Å². The van der Waals surface area contributed by atoms with Gasteiger partial charge in [-0.3, -0.25) is 0 Å². The molecule has 19 heavy (non-hydrogen) atoms. The Balaban J connectivity index is 0.00000324. The molecule has 1 saturated heterocycles. The van der Waals surface area contributed by atoms with Crippen LogP contribution >= 0.6 is 17.0 Å². The highest BCUT2D eigenvalue weighted by Gasteiger charge is 2.08. The fraction of sp³-hybridized carbons (Fsp3) is 1.00. The van der Waals surface area contributed by atoms with Gasteiger partial charge in [0, 0.05) is 0 Å². The van der Waals surface area contributed by atoms with Gasteiger partial charge in [-0.2, -0.15) is 0 Å². The van der Waals surface area contributed by atoms with E-state index in [0.29, 0.717) is 0 Å². The van der Waals surface area contributed by atoms with Crippen LogP contribution in [0.15, 0.2) is 0 Å². The summed E-state index contributed by atoms with van der Waals surface area (Å²) in [5, 5.41) is 0. The number of hydrogen-bond donors (Lipinski definition) is 0. The molecule has 1 heterocycles. The Morgan fingerprint density at radius 1 is 0.632 bits per heavy atom. The predicted molar refractivity (Wildman–Crippen MR) is 92.5 cm³/mol. The van der Waals surface area contributed by atoms with Crippen molar-refractivity contribution in [2.45, 2.75) is 90.4 Å². The Morgan fingerprint density at radius 3 is 1.63 bits per heavy atom. The second kappa shape index (κ2) is 14.8. The third-order valence-corrected chi connectivity index (χ3v) is 4.28. The number of likely N-dealkylation sites (tertiary alicyclic amines) is 1. The van der Waals surface area contributed by atoms with Crippen molar-refractivity contribution in [1.82, 2.24) is 4.90 Å². The van der Waals surface area contributed by atoms with Gasteiger partial charge in [0.1, 0.15) is 0 Å². The van der Waals surface area contributed by atoms with E-state index in [2.05, 4.69) is 11.8 Å². The van der Waals surface area contributed by atoms with Crippen molar-refractivity contribution < 1.29 is 0 Å². The van der Waals surface area contributed by atoms with Crippen molar-refractivity contribution >= 4 is 17.0 Å². The molecule has 1 rings (SSSR count). The Bertz CT molecular complexity index is 167. The first kappa shape index (κ1) is 19.4. The highest BCUT2D eigenvalue weighted by atomic mass is 79.9. The number of hydrogen-bond acceptors (Lipinski definition) is 1. The van der Waals surface area contributed by atoms with Gasteiger partial charge >= 0.3 is 0 Å². The van der Waals surface area contributed by atoms with Crippen LogP contribution in [-0.4, -0.2) is 24.5 Å². The molecule has 1 aliphatic heterocycles. The van der Waals surface area contributed by atoms with Crippen LogP contribution < -0.4 is 0 Å².